The number of pyridine rings is 3. The Bertz CT molecular complexity index is 1440. The van der Waals surface area contributed by atoms with Crippen molar-refractivity contribution in [3.63, 3.8) is 0 Å². The molecule has 0 atom stereocenters. The van der Waals surface area contributed by atoms with E-state index in [1.165, 1.54) is 10.6 Å². The van der Waals surface area contributed by atoms with Crippen LogP contribution in [0.2, 0.25) is 0 Å². The molecule has 0 aromatic carbocycles. The van der Waals surface area contributed by atoms with Crippen LogP contribution in [-0.4, -0.2) is 38.9 Å². The molecule has 1 N–H and O–H groups in total. The number of anilines is 1. The molecule has 3 heterocycles. The average Bonchev–Trinajstić information content (AvgIpc) is 2.86. The lowest BCUT2D eigenvalue weighted by Gasteiger charge is -2.37. The number of H-pyrrole nitrogens is 1. The fourth-order valence-electron chi connectivity index (χ4n) is 4.83. The number of hydrogen-bond acceptors (Lipinski definition) is 7. The first kappa shape index (κ1) is 25.2. The molecule has 188 valence electrons. The van der Waals surface area contributed by atoms with Crippen LogP contribution in [0.5, 0.6) is 0 Å². The van der Waals surface area contributed by atoms with Gasteiger partial charge >= 0.3 is 0 Å². The molecule has 1 saturated carbocycles. The molecule has 1 aliphatic carbocycles. The molecule has 1 fully saturated rings. The zero-order valence-corrected chi connectivity index (χ0v) is 21.4. The highest BCUT2D eigenvalue weighted by Gasteiger charge is 2.31. The smallest absolute Gasteiger partial charge is 0.270 e. The molecule has 3 aromatic rings. The molecule has 0 radical (unpaired) electrons. The maximum Gasteiger partial charge on any atom is 0.270 e. The molecule has 9 heteroatoms. The molecule has 0 saturated heterocycles. The molecule has 1 aliphatic rings. The average molecular weight is 489 g/mol. The molecule has 0 bridgehead atoms. The van der Waals surface area contributed by atoms with Gasteiger partial charge in [0.05, 0.1) is 22.4 Å². The third kappa shape index (κ3) is 5.03. The Morgan fingerprint density at radius 2 is 1.92 bits per heavy atom. The predicted molar refractivity (Wildman–Crippen MR) is 140 cm³/mol. The molecule has 9 nitrogen and oxygen atoms in total. The van der Waals surface area contributed by atoms with E-state index in [4.69, 9.17) is 4.84 Å². The van der Waals surface area contributed by atoms with Crippen molar-refractivity contribution in [3.8, 4) is 6.07 Å². The maximum atomic E-state index is 12.9. The Balaban J connectivity index is 1.64. The highest BCUT2D eigenvalue weighted by atomic mass is 16.6. The van der Waals surface area contributed by atoms with Gasteiger partial charge in [-0.15, -0.1) is 0 Å². The van der Waals surface area contributed by atoms with Crippen LogP contribution in [0.25, 0.3) is 11.0 Å². The molecule has 0 unspecified atom stereocenters. The molecular formula is C27H32N6O3. The highest BCUT2D eigenvalue weighted by molar-refractivity contribution is 6.00. The number of aromatic amines is 1. The van der Waals surface area contributed by atoms with E-state index in [1.807, 2.05) is 50.9 Å². The van der Waals surface area contributed by atoms with Crippen molar-refractivity contribution in [1.82, 2.24) is 14.5 Å². The first-order valence-electron chi connectivity index (χ1n) is 12.2. The van der Waals surface area contributed by atoms with Gasteiger partial charge in [0, 0.05) is 38.3 Å². The monoisotopic (exact) mass is 488 g/mol. The first-order valence-corrected chi connectivity index (χ1v) is 12.2. The highest BCUT2D eigenvalue weighted by Crippen LogP contribution is 2.34. The second kappa shape index (κ2) is 9.97. The van der Waals surface area contributed by atoms with E-state index in [9.17, 15) is 14.9 Å². The van der Waals surface area contributed by atoms with E-state index in [0.29, 0.717) is 16.7 Å². The fraction of sp³-hybridized carbons (Fsp3) is 0.444. The molecule has 0 aliphatic heterocycles. The van der Waals surface area contributed by atoms with Crippen molar-refractivity contribution in [1.29, 1.82) is 5.26 Å². The zero-order valence-electron chi connectivity index (χ0n) is 21.4. The third-order valence-corrected chi connectivity index (χ3v) is 6.69. The predicted octanol–water partition coefficient (Wildman–Crippen LogP) is 3.71. The van der Waals surface area contributed by atoms with E-state index >= 15 is 0 Å². The Labute approximate surface area is 210 Å². The normalized spacial score (nSPS) is 18.6. The van der Waals surface area contributed by atoms with Gasteiger partial charge in [0.2, 0.25) is 5.56 Å². The number of oxime groups is 1. The maximum absolute atomic E-state index is 12.9. The Kier molecular flexibility index (Phi) is 6.97. The standard InChI is InChI=1S/C27H32N6O3/c1-27(2,3)36-31-23(20-8-6-7-15-29-20)17-9-11-18(12-10-17)32(4)25-19(16-28)26(35)33(5)21-13-14-22(34)30-24(21)25/h6-8,13-15,17-18H,9-12H2,1-5H3,(H,30,34)/b31-23-. The van der Waals surface area contributed by atoms with Crippen molar-refractivity contribution in [2.75, 3.05) is 11.9 Å². The largest absolute Gasteiger partial charge is 0.390 e. The van der Waals surface area contributed by atoms with Gasteiger partial charge < -0.3 is 19.3 Å². The quantitative estimate of drug-likeness (QED) is 0.432. The topological polar surface area (TPSA) is 116 Å². The van der Waals surface area contributed by atoms with E-state index in [2.05, 4.69) is 21.2 Å². The van der Waals surface area contributed by atoms with Gasteiger partial charge in [-0.1, -0.05) is 11.2 Å². The summed E-state index contributed by atoms with van der Waals surface area (Å²) in [5, 5.41) is 14.4. The van der Waals surface area contributed by atoms with Gasteiger partial charge in [-0.2, -0.15) is 5.26 Å². The molecule has 0 spiro atoms. The van der Waals surface area contributed by atoms with Crippen molar-refractivity contribution < 1.29 is 4.84 Å². The summed E-state index contributed by atoms with van der Waals surface area (Å²) in [4.78, 5) is 40.2. The first-order chi connectivity index (χ1) is 17.1. The van der Waals surface area contributed by atoms with E-state index in [0.717, 1.165) is 37.1 Å². The lowest BCUT2D eigenvalue weighted by molar-refractivity contribution is -0.0000711. The van der Waals surface area contributed by atoms with Gasteiger partial charge in [0.15, 0.2) is 0 Å². The minimum absolute atomic E-state index is 0.0331. The number of aromatic nitrogens is 3. The second-order valence-corrected chi connectivity index (χ2v) is 10.3. The lowest BCUT2D eigenvalue weighted by Crippen LogP contribution is -2.39. The summed E-state index contributed by atoms with van der Waals surface area (Å²) in [7, 11) is 3.50. The fourth-order valence-corrected chi connectivity index (χ4v) is 4.83. The number of aryl methyl sites for hydroxylation is 1. The van der Waals surface area contributed by atoms with Crippen LogP contribution in [0.15, 0.2) is 51.3 Å². The van der Waals surface area contributed by atoms with Crippen LogP contribution in [0, 0.1) is 17.2 Å². The van der Waals surface area contributed by atoms with Crippen LogP contribution in [-0.2, 0) is 11.9 Å². The SMILES string of the molecule is CN(c1c(C#N)c(=O)n(C)c2ccc(=O)[nH]c12)C1CCC(/C(=N/OC(C)(C)C)c2ccccn2)CC1. The van der Waals surface area contributed by atoms with Crippen LogP contribution < -0.4 is 16.0 Å². The van der Waals surface area contributed by atoms with Crippen molar-refractivity contribution in [2.24, 2.45) is 18.1 Å². The van der Waals surface area contributed by atoms with E-state index < -0.39 is 5.60 Å². The minimum atomic E-state index is -0.414. The lowest BCUT2D eigenvalue weighted by atomic mass is 9.81. The number of hydrogen-bond donors (Lipinski definition) is 1. The summed E-state index contributed by atoms with van der Waals surface area (Å²) in [5.74, 6) is 0.169. The molecule has 4 rings (SSSR count). The van der Waals surface area contributed by atoms with Crippen molar-refractivity contribution >= 4 is 22.4 Å². The van der Waals surface area contributed by atoms with Gasteiger partial charge in [-0.25, -0.2) is 0 Å². The van der Waals surface area contributed by atoms with Gasteiger partial charge in [0.1, 0.15) is 22.9 Å². The number of nitrogens with one attached hydrogen (secondary N) is 1. The van der Waals surface area contributed by atoms with Gasteiger partial charge in [0.25, 0.3) is 5.56 Å². The van der Waals surface area contributed by atoms with E-state index in [1.54, 1.807) is 19.3 Å². The number of rotatable bonds is 5. The van der Waals surface area contributed by atoms with Gasteiger partial charge in [-0.3, -0.25) is 14.6 Å². The van der Waals surface area contributed by atoms with Gasteiger partial charge in [-0.05, 0) is 64.7 Å². The summed E-state index contributed by atoms with van der Waals surface area (Å²) >= 11 is 0. The second-order valence-electron chi connectivity index (χ2n) is 10.3. The number of nitrogens with zero attached hydrogens (tertiary/aromatic N) is 5. The molecule has 0 amide bonds. The number of nitriles is 1. The summed E-state index contributed by atoms with van der Waals surface area (Å²) < 4.78 is 1.41. The van der Waals surface area contributed by atoms with Crippen LogP contribution in [0.1, 0.15) is 57.7 Å². The van der Waals surface area contributed by atoms with Crippen LogP contribution in [0.3, 0.4) is 0 Å². The molecule has 36 heavy (non-hydrogen) atoms. The summed E-state index contributed by atoms with van der Waals surface area (Å²) in [6, 6.07) is 10.9. The molecule has 3 aromatic heterocycles. The Morgan fingerprint density at radius 3 is 2.53 bits per heavy atom. The number of fused-ring (bicyclic) bond motifs is 1. The molecular weight excluding hydrogens is 456 g/mol. The Morgan fingerprint density at radius 1 is 1.19 bits per heavy atom. The Hall–Kier alpha value is -3.93. The minimum Gasteiger partial charge on any atom is -0.390 e. The van der Waals surface area contributed by atoms with Crippen molar-refractivity contribution in [2.45, 2.75) is 58.1 Å². The van der Waals surface area contributed by atoms with Crippen LogP contribution >= 0.6 is 0 Å². The summed E-state index contributed by atoms with van der Waals surface area (Å²) in [6.45, 7) is 5.89. The van der Waals surface area contributed by atoms with E-state index in [-0.39, 0.29) is 28.6 Å². The third-order valence-electron chi connectivity index (χ3n) is 6.69. The summed E-state index contributed by atoms with van der Waals surface area (Å²) in [5.41, 5.74) is 2.17. The van der Waals surface area contributed by atoms with Crippen LogP contribution in [0.4, 0.5) is 5.69 Å². The van der Waals surface area contributed by atoms with Crippen molar-refractivity contribution in [3.05, 3.63) is 68.5 Å². The zero-order chi connectivity index (χ0) is 26.0. The summed E-state index contributed by atoms with van der Waals surface area (Å²) in [6.07, 6.45) is 5.09.